The van der Waals surface area contributed by atoms with Crippen LogP contribution in [0.25, 0.3) is 27.8 Å². The van der Waals surface area contributed by atoms with Crippen LogP contribution in [0.5, 0.6) is 0 Å². The summed E-state index contributed by atoms with van der Waals surface area (Å²) in [5.41, 5.74) is 3.12. The zero-order valence-electron chi connectivity index (χ0n) is 15.4. The van der Waals surface area contributed by atoms with E-state index >= 15 is 0 Å². The number of benzene rings is 2. The predicted octanol–water partition coefficient (Wildman–Crippen LogP) is 2.14. The Labute approximate surface area is 165 Å². The number of hydrogen-bond acceptors (Lipinski definition) is 5. The van der Waals surface area contributed by atoms with E-state index in [4.69, 9.17) is 4.74 Å². The SMILES string of the molecule is O=C1COCCN1c1ccc(-n2cc(-c3cc4ccccc4[nH]c3=O)nn2)cc1. The van der Waals surface area contributed by atoms with Crippen molar-refractivity contribution in [2.24, 2.45) is 0 Å². The first kappa shape index (κ1) is 17.3. The van der Waals surface area contributed by atoms with E-state index in [0.717, 1.165) is 22.3 Å². The Morgan fingerprint density at radius 3 is 2.62 bits per heavy atom. The van der Waals surface area contributed by atoms with E-state index in [9.17, 15) is 9.59 Å². The van der Waals surface area contributed by atoms with Gasteiger partial charge in [-0.15, -0.1) is 5.10 Å². The topological polar surface area (TPSA) is 93.1 Å². The monoisotopic (exact) mass is 387 g/mol. The summed E-state index contributed by atoms with van der Waals surface area (Å²) in [7, 11) is 0. The normalized spacial score (nSPS) is 14.5. The Morgan fingerprint density at radius 1 is 1.00 bits per heavy atom. The van der Waals surface area contributed by atoms with Gasteiger partial charge in [0.1, 0.15) is 12.3 Å². The first-order chi connectivity index (χ1) is 14.2. The van der Waals surface area contributed by atoms with Crippen LogP contribution in [0.2, 0.25) is 0 Å². The number of carbonyl (C=O) groups excluding carboxylic acids is 1. The minimum Gasteiger partial charge on any atom is -0.370 e. The minimum atomic E-state index is -0.211. The van der Waals surface area contributed by atoms with Gasteiger partial charge in [0.2, 0.25) is 0 Å². The summed E-state index contributed by atoms with van der Waals surface area (Å²) in [6, 6.07) is 16.9. The van der Waals surface area contributed by atoms with Gasteiger partial charge in [0.15, 0.2) is 0 Å². The molecule has 1 fully saturated rings. The van der Waals surface area contributed by atoms with E-state index in [1.807, 2.05) is 54.6 Å². The summed E-state index contributed by atoms with van der Waals surface area (Å²) in [6.07, 6.45) is 1.72. The molecule has 1 N–H and O–H groups in total. The Balaban J connectivity index is 1.45. The molecule has 4 aromatic rings. The molecule has 8 nitrogen and oxygen atoms in total. The van der Waals surface area contributed by atoms with Crippen molar-refractivity contribution in [3.63, 3.8) is 0 Å². The number of para-hydroxylation sites is 1. The van der Waals surface area contributed by atoms with Crippen molar-refractivity contribution in [1.82, 2.24) is 20.0 Å². The number of carbonyl (C=O) groups is 1. The molecular weight excluding hydrogens is 370 g/mol. The number of amides is 1. The van der Waals surface area contributed by atoms with E-state index < -0.39 is 0 Å². The summed E-state index contributed by atoms with van der Waals surface area (Å²) in [5.74, 6) is -0.0532. The minimum absolute atomic E-state index is 0.0532. The number of morpholine rings is 1. The first-order valence-corrected chi connectivity index (χ1v) is 9.22. The van der Waals surface area contributed by atoms with Crippen molar-refractivity contribution in [2.75, 3.05) is 24.7 Å². The molecule has 0 atom stereocenters. The average molecular weight is 387 g/mol. The van der Waals surface area contributed by atoms with Gasteiger partial charge >= 0.3 is 0 Å². The van der Waals surface area contributed by atoms with Gasteiger partial charge in [-0.05, 0) is 41.8 Å². The number of aromatic amines is 1. The maximum Gasteiger partial charge on any atom is 0.258 e. The first-order valence-electron chi connectivity index (χ1n) is 9.22. The zero-order valence-corrected chi connectivity index (χ0v) is 15.4. The highest BCUT2D eigenvalue weighted by Crippen LogP contribution is 2.21. The third-order valence-corrected chi connectivity index (χ3v) is 4.93. The quantitative estimate of drug-likeness (QED) is 0.581. The Bertz CT molecular complexity index is 1260. The van der Waals surface area contributed by atoms with Gasteiger partial charge < -0.3 is 14.6 Å². The second-order valence-corrected chi connectivity index (χ2v) is 6.76. The molecule has 0 spiro atoms. The highest BCUT2D eigenvalue weighted by atomic mass is 16.5. The third kappa shape index (κ3) is 3.19. The number of pyridine rings is 1. The van der Waals surface area contributed by atoms with Gasteiger partial charge in [0.05, 0.1) is 24.1 Å². The number of fused-ring (bicyclic) bond motifs is 1. The van der Waals surface area contributed by atoms with Crippen molar-refractivity contribution >= 4 is 22.5 Å². The lowest BCUT2D eigenvalue weighted by Crippen LogP contribution is -2.41. The lowest BCUT2D eigenvalue weighted by molar-refractivity contribution is -0.125. The molecule has 8 heteroatoms. The standard InChI is InChI=1S/C21H17N5O3/c27-20-13-29-10-9-25(20)15-5-7-16(8-6-15)26-12-19(23-24-26)17-11-14-3-1-2-4-18(14)22-21(17)28/h1-8,11-12H,9-10,13H2,(H,22,28). The van der Waals surface area contributed by atoms with Crippen molar-refractivity contribution in [2.45, 2.75) is 0 Å². The molecule has 0 radical (unpaired) electrons. The smallest absolute Gasteiger partial charge is 0.258 e. The lowest BCUT2D eigenvalue weighted by Gasteiger charge is -2.26. The number of H-pyrrole nitrogens is 1. The molecule has 1 amide bonds. The van der Waals surface area contributed by atoms with Gasteiger partial charge in [-0.2, -0.15) is 0 Å². The summed E-state index contributed by atoms with van der Waals surface area (Å²) < 4.78 is 6.77. The fourth-order valence-corrected chi connectivity index (χ4v) is 3.43. The number of nitrogens with zero attached hydrogens (tertiary/aromatic N) is 4. The van der Waals surface area contributed by atoms with Crippen LogP contribution in [-0.2, 0) is 9.53 Å². The summed E-state index contributed by atoms with van der Waals surface area (Å²) in [4.78, 5) is 29.0. The van der Waals surface area contributed by atoms with Crippen molar-refractivity contribution < 1.29 is 9.53 Å². The molecule has 3 heterocycles. The Kier molecular flexibility index (Phi) is 4.18. The number of nitrogens with one attached hydrogen (secondary N) is 1. The van der Waals surface area contributed by atoms with Crippen LogP contribution in [0.1, 0.15) is 0 Å². The number of rotatable bonds is 3. The van der Waals surface area contributed by atoms with Crippen molar-refractivity contribution in [1.29, 1.82) is 0 Å². The number of ether oxygens (including phenoxy) is 1. The summed E-state index contributed by atoms with van der Waals surface area (Å²) in [6.45, 7) is 1.17. The van der Waals surface area contributed by atoms with Gasteiger partial charge in [-0.1, -0.05) is 23.4 Å². The molecule has 2 aromatic heterocycles. The molecule has 0 bridgehead atoms. The Morgan fingerprint density at radius 2 is 1.79 bits per heavy atom. The van der Waals surface area contributed by atoms with Gasteiger partial charge in [-0.3, -0.25) is 9.59 Å². The summed E-state index contributed by atoms with van der Waals surface area (Å²) >= 11 is 0. The predicted molar refractivity (Wildman–Crippen MR) is 108 cm³/mol. The van der Waals surface area contributed by atoms with Crippen LogP contribution in [0.3, 0.4) is 0 Å². The highest BCUT2D eigenvalue weighted by Gasteiger charge is 2.20. The number of anilines is 1. The molecule has 0 unspecified atom stereocenters. The van der Waals surface area contributed by atoms with Crippen LogP contribution in [-0.4, -0.2) is 45.6 Å². The number of hydrogen-bond donors (Lipinski definition) is 1. The van der Waals surface area contributed by atoms with E-state index in [-0.39, 0.29) is 18.1 Å². The van der Waals surface area contributed by atoms with Crippen LogP contribution >= 0.6 is 0 Å². The molecule has 5 rings (SSSR count). The molecule has 0 aliphatic carbocycles. The van der Waals surface area contributed by atoms with E-state index in [0.29, 0.717) is 24.4 Å². The molecule has 29 heavy (non-hydrogen) atoms. The summed E-state index contributed by atoms with van der Waals surface area (Å²) in [5, 5.41) is 9.25. The molecule has 144 valence electrons. The van der Waals surface area contributed by atoms with Gasteiger partial charge in [0.25, 0.3) is 11.5 Å². The molecule has 1 aliphatic rings. The van der Waals surface area contributed by atoms with Crippen LogP contribution < -0.4 is 10.5 Å². The van der Waals surface area contributed by atoms with Crippen LogP contribution in [0.4, 0.5) is 5.69 Å². The molecule has 1 saturated heterocycles. The van der Waals surface area contributed by atoms with Crippen molar-refractivity contribution in [3.05, 3.63) is 71.1 Å². The average Bonchev–Trinajstić information content (AvgIpc) is 3.24. The highest BCUT2D eigenvalue weighted by molar-refractivity contribution is 5.94. The third-order valence-electron chi connectivity index (χ3n) is 4.93. The van der Waals surface area contributed by atoms with E-state index in [1.165, 1.54) is 0 Å². The van der Waals surface area contributed by atoms with Crippen LogP contribution in [0, 0.1) is 0 Å². The zero-order chi connectivity index (χ0) is 19.8. The fourth-order valence-electron chi connectivity index (χ4n) is 3.43. The van der Waals surface area contributed by atoms with E-state index in [2.05, 4.69) is 15.3 Å². The maximum absolute atomic E-state index is 12.4. The Hall–Kier alpha value is -3.78. The van der Waals surface area contributed by atoms with E-state index in [1.54, 1.807) is 15.8 Å². The second-order valence-electron chi connectivity index (χ2n) is 6.76. The molecular formula is C21H17N5O3. The number of aromatic nitrogens is 4. The fraction of sp³-hybridized carbons (Fsp3) is 0.143. The molecule has 2 aromatic carbocycles. The second kappa shape index (κ2) is 6.99. The van der Waals surface area contributed by atoms with Crippen LogP contribution in [0.15, 0.2) is 65.6 Å². The molecule has 0 saturated carbocycles. The maximum atomic E-state index is 12.4. The lowest BCUT2D eigenvalue weighted by atomic mass is 10.1. The largest absolute Gasteiger partial charge is 0.370 e. The molecule has 1 aliphatic heterocycles. The van der Waals surface area contributed by atoms with Crippen molar-refractivity contribution in [3.8, 4) is 16.9 Å². The van der Waals surface area contributed by atoms with Gasteiger partial charge in [0, 0.05) is 17.7 Å². The van der Waals surface area contributed by atoms with Gasteiger partial charge in [-0.25, -0.2) is 4.68 Å².